The number of amides is 2. The minimum Gasteiger partial charge on any atom is -0.459 e. The van der Waals surface area contributed by atoms with Crippen molar-refractivity contribution in [3.63, 3.8) is 0 Å². The standard InChI is InChI=1S/C18H20N2O3/c1-14-5-2-6-15(13-14)17(21)19-8-4-9-20(11-10-19)18(22)16-7-3-12-23-16/h2-3,5-7,12-13H,4,8-11H2,1H3. The van der Waals surface area contributed by atoms with Crippen molar-refractivity contribution < 1.29 is 14.0 Å². The van der Waals surface area contributed by atoms with E-state index in [1.165, 1.54) is 6.26 Å². The highest BCUT2D eigenvalue weighted by atomic mass is 16.3. The van der Waals surface area contributed by atoms with Crippen LogP contribution in [0.2, 0.25) is 0 Å². The first-order chi connectivity index (χ1) is 11.1. The Morgan fingerprint density at radius 2 is 1.70 bits per heavy atom. The molecule has 0 aliphatic carbocycles. The molecule has 5 heteroatoms. The summed E-state index contributed by atoms with van der Waals surface area (Å²) in [5.41, 5.74) is 1.77. The topological polar surface area (TPSA) is 53.8 Å². The summed E-state index contributed by atoms with van der Waals surface area (Å²) >= 11 is 0. The third-order valence-electron chi connectivity index (χ3n) is 4.07. The lowest BCUT2D eigenvalue weighted by Crippen LogP contribution is -2.37. The lowest BCUT2D eigenvalue weighted by atomic mass is 10.1. The summed E-state index contributed by atoms with van der Waals surface area (Å²) in [6.07, 6.45) is 2.27. The van der Waals surface area contributed by atoms with E-state index < -0.39 is 0 Å². The second-order valence-corrected chi connectivity index (χ2v) is 5.78. The number of hydrogen-bond donors (Lipinski definition) is 0. The Hall–Kier alpha value is -2.56. The summed E-state index contributed by atoms with van der Waals surface area (Å²) < 4.78 is 5.17. The van der Waals surface area contributed by atoms with Crippen LogP contribution < -0.4 is 0 Å². The van der Waals surface area contributed by atoms with Crippen molar-refractivity contribution in [3.05, 3.63) is 59.5 Å². The number of carbonyl (C=O) groups is 2. The van der Waals surface area contributed by atoms with Gasteiger partial charge in [0.25, 0.3) is 11.8 Å². The predicted octanol–water partition coefficient (Wildman–Crippen LogP) is 2.58. The number of hydrogen-bond acceptors (Lipinski definition) is 3. The van der Waals surface area contributed by atoms with Crippen molar-refractivity contribution in [2.24, 2.45) is 0 Å². The van der Waals surface area contributed by atoms with Gasteiger partial charge in [-0.1, -0.05) is 17.7 Å². The minimum atomic E-state index is -0.111. The number of furan rings is 1. The third-order valence-corrected chi connectivity index (χ3v) is 4.07. The van der Waals surface area contributed by atoms with Crippen LogP contribution in [0.3, 0.4) is 0 Å². The Balaban J connectivity index is 1.66. The van der Waals surface area contributed by atoms with Crippen LogP contribution in [0.25, 0.3) is 0 Å². The van der Waals surface area contributed by atoms with Crippen molar-refractivity contribution in [1.29, 1.82) is 0 Å². The SMILES string of the molecule is Cc1cccc(C(=O)N2CCCN(C(=O)c3ccco3)CC2)c1. The van der Waals surface area contributed by atoms with Gasteiger partial charge in [-0.25, -0.2) is 0 Å². The zero-order valence-corrected chi connectivity index (χ0v) is 13.2. The summed E-state index contributed by atoms with van der Waals surface area (Å²) in [6.45, 7) is 4.34. The molecule has 120 valence electrons. The molecule has 0 saturated carbocycles. The van der Waals surface area contributed by atoms with Crippen LogP contribution in [0.4, 0.5) is 0 Å². The van der Waals surface area contributed by atoms with Gasteiger partial charge < -0.3 is 14.2 Å². The Morgan fingerprint density at radius 1 is 0.957 bits per heavy atom. The van der Waals surface area contributed by atoms with Crippen molar-refractivity contribution in [2.45, 2.75) is 13.3 Å². The molecule has 0 spiro atoms. The number of aryl methyl sites for hydroxylation is 1. The summed E-state index contributed by atoms with van der Waals surface area (Å²) in [7, 11) is 0. The number of rotatable bonds is 2. The summed E-state index contributed by atoms with van der Waals surface area (Å²) in [4.78, 5) is 28.5. The quantitative estimate of drug-likeness (QED) is 0.856. The van der Waals surface area contributed by atoms with Gasteiger partial charge in [-0.15, -0.1) is 0 Å². The van der Waals surface area contributed by atoms with Crippen molar-refractivity contribution >= 4 is 11.8 Å². The molecular formula is C18H20N2O3. The monoisotopic (exact) mass is 312 g/mol. The average molecular weight is 312 g/mol. The fourth-order valence-electron chi connectivity index (χ4n) is 2.84. The Kier molecular flexibility index (Phi) is 4.46. The maximum atomic E-state index is 12.6. The van der Waals surface area contributed by atoms with E-state index in [0.29, 0.717) is 37.5 Å². The van der Waals surface area contributed by atoms with Gasteiger partial charge in [0.1, 0.15) is 0 Å². The summed E-state index contributed by atoms with van der Waals surface area (Å²) in [5.74, 6) is 0.268. The largest absolute Gasteiger partial charge is 0.459 e. The highest BCUT2D eigenvalue weighted by Crippen LogP contribution is 2.13. The molecule has 1 aliphatic rings. The van der Waals surface area contributed by atoms with Crippen LogP contribution in [0.15, 0.2) is 47.1 Å². The fourth-order valence-corrected chi connectivity index (χ4v) is 2.84. The molecule has 1 aromatic carbocycles. The van der Waals surface area contributed by atoms with Crippen molar-refractivity contribution in [3.8, 4) is 0 Å². The molecule has 1 saturated heterocycles. The van der Waals surface area contributed by atoms with Gasteiger partial charge in [0.2, 0.25) is 0 Å². The molecule has 0 unspecified atom stereocenters. The second kappa shape index (κ2) is 6.69. The molecule has 3 rings (SSSR count). The first-order valence-electron chi connectivity index (χ1n) is 7.84. The van der Waals surface area contributed by atoms with Crippen LogP contribution in [0.5, 0.6) is 0 Å². The van der Waals surface area contributed by atoms with Gasteiger partial charge >= 0.3 is 0 Å². The van der Waals surface area contributed by atoms with Gasteiger partial charge in [0.15, 0.2) is 5.76 Å². The van der Waals surface area contributed by atoms with Gasteiger partial charge in [0, 0.05) is 31.7 Å². The highest BCUT2D eigenvalue weighted by Gasteiger charge is 2.24. The number of carbonyl (C=O) groups excluding carboxylic acids is 2. The molecule has 1 aliphatic heterocycles. The lowest BCUT2D eigenvalue weighted by Gasteiger charge is -2.21. The maximum Gasteiger partial charge on any atom is 0.289 e. The fraction of sp³-hybridized carbons (Fsp3) is 0.333. The maximum absolute atomic E-state index is 12.6. The molecule has 0 radical (unpaired) electrons. The van der Waals surface area contributed by atoms with E-state index in [4.69, 9.17) is 4.42 Å². The Labute approximate surface area is 135 Å². The molecule has 0 bridgehead atoms. The molecule has 5 nitrogen and oxygen atoms in total. The summed E-state index contributed by atoms with van der Waals surface area (Å²) in [6, 6.07) is 11.0. The van der Waals surface area contributed by atoms with Gasteiger partial charge in [-0.2, -0.15) is 0 Å². The van der Waals surface area contributed by atoms with E-state index in [1.54, 1.807) is 17.0 Å². The van der Waals surface area contributed by atoms with E-state index >= 15 is 0 Å². The van der Waals surface area contributed by atoms with E-state index in [9.17, 15) is 9.59 Å². The second-order valence-electron chi connectivity index (χ2n) is 5.78. The van der Waals surface area contributed by atoms with Crippen LogP contribution in [-0.2, 0) is 0 Å². The van der Waals surface area contributed by atoms with E-state index in [2.05, 4.69) is 0 Å². The van der Waals surface area contributed by atoms with Crippen LogP contribution >= 0.6 is 0 Å². The smallest absolute Gasteiger partial charge is 0.289 e. The zero-order chi connectivity index (χ0) is 16.2. The first-order valence-corrected chi connectivity index (χ1v) is 7.84. The number of benzene rings is 1. The highest BCUT2D eigenvalue weighted by molar-refractivity contribution is 5.94. The molecule has 2 amide bonds. The molecule has 23 heavy (non-hydrogen) atoms. The average Bonchev–Trinajstić information content (AvgIpc) is 2.98. The molecule has 1 fully saturated rings. The van der Waals surface area contributed by atoms with Crippen LogP contribution in [-0.4, -0.2) is 47.8 Å². The van der Waals surface area contributed by atoms with E-state index in [1.807, 2.05) is 36.1 Å². The van der Waals surface area contributed by atoms with E-state index in [-0.39, 0.29) is 11.8 Å². The Morgan fingerprint density at radius 3 is 2.35 bits per heavy atom. The summed E-state index contributed by atoms with van der Waals surface area (Å²) in [5, 5.41) is 0. The zero-order valence-electron chi connectivity index (χ0n) is 13.2. The van der Waals surface area contributed by atoms with Crippen LogP contribution in [0.1, 0.15) is 32.9 Å². The number of nitrogens with zero attached hydrogens (tertiary/aromatic N) is 2. The molecule has 2 aromatic rings. The van der Waals surface area contributed by atoms with Crippen molar-refractivity contribution in [1.82, 2.24) is 9.80 Å². The lowest BCUT2D eigenvalue weighted by molar-refractivity contribution is 0.0700. The van der Waals surface area contributed by atoms with E-state index in [0.717, 1.165) is 12.0 Å². The Bertz CT molecular complexity index is 694. The van der Waals surface area contributed by atoms with Gasteiger partial charge in [0.05, 0.1) is 6.26 Å². The van der Waals surface area contributed by atoms with Crippen LogP contribution in [0, 0.1) is 6.92 Å². The van der Waals surface area contributed by atoms with Gasteiger partial charge in [-0.05, 0) is 37.6 Å². The predicted molar refractivity (Wildman–Crippen MR) is 86.3 cm³/mol. The molecule has 0 N–H and O–H groups in total. The molecule has 2 heterocycles. The molecule has 0 atom stereocenters. The van der Waals surface area contributed by atoms with Gasteiger partial charge in [-0.3, -0.25) is 9.59 Å². The molecule has 1 aromatic heterocycles. The normalized spacial score (nSPS) is 15.3. The third kappa shape index (κ3) is 3.44. The first kappa shape index (κ1) is 15.3. The van der Waals surface area contributed by atoms with Crippen molar-refractivity contribution in [2.75, 3.05) is 26.2 Å². The minimum absolute atomic E-state index is 0.0287. The molecular weight excluding hydrogens is 292 g/mol.